The zero-order valence-corrected chi connectivity index (χ0v) is 9.89. The molecule has 19 heavy (non-hydrogen) atoms. The number of ether oxygens (including phenoxy) is 2. The highest BCUT2D eigenvalue weighted by Crippen LogP contribution is 2.25. The number of carbonyl (C=O) groups is 1. The van der Waals surface area contributed by atoms with E-state index in [0.29, 0.717) is 6.07 Å². The van der Waals surface area contributed by atoms with Crippen molar-refractivity contribution in [2.24, 2.45) is 0 Å². The summed E-state index contributed by atoms with van der Waals surface area (Å²) in [5.41, 5.74) is 0.0301. The first-order valence-corrected chi connectivity index (χ1v) is 5.27. The molecule has 0 saturated heterocycles. The zero-order chi connectivity index (χ0) is 13.8. The summed E-state index contributed by atoms with van der Waals surface area (Å²) in [6, 6.07) is 5.67. The monoisotopic (exact) mass is 265 g/mol. The molecular formula is C13H9F2NO3. The maximum absolute atomic E-state index is 13.4. The van der Waals surface area contributed by atoms with Crippen molar-refractivity contribution >= 4 is 5.97 Å². The molecule has 0 unspecified atom stereocenters. The van der Waals surface area contributed by atoms with Gasteiger partial charge in [-0.2, -0.15) is 0 Å². The number of pyridine rings is 1. The summed E-state index contributed by atoms with van der Waals surface area (Å²) in [5, 5.41) is 0. The van der Waals surface area contributed by atoms with E-state index >= 15 is 0 Å². The molecule has 0 atom stereocenters. The lowest BCUT2D eigenvalue weighted by Crippen LogP contribution is -2.03. The Morgan fingerprint density at radius 3 is 2.68 bits per heavy atom. The number of benzene rings is 1. The number of nitrogens with zero attached hydrogens (tertiary/aromatic N) is 1. The van der Waals surface area contributed by atoms with Gasteiger partial charge >= 0.3 is 5.97 Å². The van der Waals surface area contributed by atoms with Crippen molar-refractivity contribution in [2.45, 2.75) is 0 Å². The van der Waals surface area contributed by atoms with Gasteiger partial charge in [-0.05, 0) is 18.2 Å². The van der Waals surface area contributed by atoms with Gasteiger partial charge in [-0.3, -0.25) is 0 Å². The van der Waals surface area contributed by atoms with Gasteiger partial charge in [-0.1, -0.05) is 0 Å². The number of rotatable bonds is 3. The highest BCUT2D eigenvalue weighted by Gasteiger charge is 2.10. The van der Waals surface area contributed by atoms with Crippen LogP contribution in [-0.4, -0.2) is 18.1 Å². The fraction of sp³-hybridized carbons (Fsp3) is 0.0769. The van der Waals surface area contributed by atoms with E-state index in [9.17, 15) is 13.6 Å². The van der Waals surface area contributed by atoms with E-state index in [1.54, 1.807) is 0 Å². The average molecular weight is 265 g/mol. The van der Waals surface area contributed by atoms with E-state index in [1.165, 1.54) is 25.4 Å². The van der Waals surface area contributed by atoms with Gasteiger partial charge in [-0.15, -0.1) is 0 Å². The van der Waals surface area contributed by atoms with Crippen LogP contribution in [0, 0.1) is 11.6 Å². The SMILES string of the molecule is COC(=O)c1cc(Oc2ccc(F)cc2F)ccn1. The van der Waals surface area contributed by atoms with Gasteiger partial charge < -0.3 is 9.47 Å². The Kier molecular flexibility index (Phi) is 3.70. The molecular weight excluding hydrogens is 256 g/mol. The molecule has 4 nitrogen and oxygen atoms in total. The van der Waals surface area contributed by atoms with Crippen molar-refractivity contribution in [3.8, 4) is 11.5 Å². The first-order chi connectivity index (χ1) is 9.10. The van der Waals surface area contributed by atoms with Crippen molar-refractivity contribution < 1.29 is 23.0 Å². The number of carbonyl (C=O) groups excluding carboxylic acids is 1. The molecule has 0 fully saturated rings. The number of esters is 1. The quantitative estimate of drug-likeness (QED) is 0.800. The summed E-state index contributed by atoms with van der Waals surface area (Å²) in [4.78, 5) is 15.0. The van der Waals surface area contributed by atoms with Crippen molar-refractivity contribution in [3.05, 3.63) is 53.9 Å². The lowest BCUT2D eigenvalue weighted by molar-refractivity contribution is 0.0593. The Labute approximate surface area is 107 Å². The van der Waals surface area contributed by atoms with E-state index in [0.717, 1.165) is 12.1 Å². The van der Waals surface area contributed by atoms with E-state index in [4.69, 9.17) is 4.74 Å². The molecule has 1 heterocycles. The van der Waals surface area contributed by atoms with Crippen LogP contribution in [0.4, 0.5) is 8.78 Å². The Morgan fingerprint density at radius 1 is 1.21 bits per heavy atom. The summed E-state index contributed by atoms with van der Waals surface area (Å²) in [6.07, 6.45) is 1.32. The lowest BCUT2D eigenvalue weighted by atomic mass is 10.3. The molecule has 2 aromatic rings. The topological polar surface area (TPSA) is 48.4 Å². The van der Waals surface area contributed by atoms with E-state index in [-0.39, 0.29) is 17.2 Å². The van der Waals surface area contributed by atoms with Crippen molar-refractivity contribution in [3.63, 3.8) is 0 Å². The molecule has 0 saturated carbocycles. The molecule has 0 N–H and O–H groups in total. The minimum atomic E-state index is -0.837. The molecule has 1 aromatic heterocycles. The molecule has 6 heteroatoms. The smallest absolute Gasteiger partial charge is 0.356 e. The van der Waals surface area contributed by atoms with Gasteiger partial charge in [0, 0.05) is 18.3 Å². The van der Waals surface area contributed by atoms with E-state index in [2.05, 4.69) is 9.72 Å². The Hall–Kier alpha value is -2.50. The van der Waals surface area contributed by atoms with Gasteiger partial charge in [0.2, 0.25) is 0 Å². The highest BCUT2D eigenvalue weighted by atomic mass is 19.1. The van der Waals surface area contributed by atoms with Gasteiger partial charge in [-0.25, -0.2) is 18.6 Å². The summed E-state index contributed by atoms with van der Waals surface area (Å²) >= 11 is 0. The van der Waals surface area contributed by atoms with Crippen LogP contribution in [0.3, 0.4) is 0 Å². The number of methoxy groups -OCH3 is 1. The minimum absolute atomic E-state index is 0.0301. The molecule has 0 aliphatic carbocycles. The molecule has 0 bridgehead atoms. The van der Waals surface area contributed by atoms with Crippen LogP contribution in [0.2, 0.25) is 0 Å². The van der Waals surface area contributed by atoms with Gasteiger partial charge in [0.05, 0.1) is 7.11 Å². The second-order valence-electron chi connectivity index (χ2n) is 3.55. The first-order valence-electron chi connectivity index (χ1n) is 5.27. The fourth-order valence-corrected chi connectivity index (χ4v) is 1.38. The van der Waals surface area contributed by atoms with E-state index < -0.39 is 17.6 Å². The predicted octanol–water partition coefficient (Wildman–Crippen LogP) is 2.94. The second-order valence-corrected chi connectivity index (χ2v) is 3.55. The van der Waals surface area contributed by atoms with Crippen LogP contribution in [0.1, 0.15) is 10.5 Å². The maximum atomic E-state index is 13.4. The molecule has 2 rings (SSSR count). The van der Waals surface area contributed by atoms with Crippen LogP contribution in [-0.2, 0) is 4.74 Å². The minimum Gasteiger partial charge on any atom is -0.464 e. The zero-order valence-electron chi connectivity index (χ0n) is 9.89. The van der Waals surface area contributed by atoms with Crippen molar-refractivity contribution in [2.75, 3.05) is 7.11 Å². The Bertz CT molecular complexity index is 617. The second kappa shape index (κ2) is 5.43. The normalized spacial score (nSPS) is 10.1. The highest BCUT2D eigenvalue weighted by molar-refractivity contribution is 5.87. The van der Waals surface area contributed by atoms with Gasteiger partial charge in [0.25, 0.3) is 0 Å². The summed E-state index contributed by atoms with van der Waals surface area (Å²) in [6.45, 7) is 0. The average Bonchev–Trinajstić information content (AvgIpc) is 2.41. The molecule has 0 spiro atoms. The number of halogens is 2. The summed E-state index contributed by atoms with van der Waals surface area (Å²) in [5.74, 6) is -2.12. The number of hydrogen-bond acceptors (Lipinski definition) is 4. The Balaban J connectivity index is 2.26. The Morgan fingerprint density at radius 2 is 2.00 bits per heavy atom. The van der Waals surface area contributed by atoms with Gasteiger partial charge in [0.1, 0.15) is 11.6 Å². The fourth-order valence-electron chi connectivity index (χ4n) is 1.38. The lowest BCUT2D eigenvalue weighted by Gasteiger charge is -2.07. The molecule has 1 aromatic carbocycles. The van der Waals surface area contributed by atoms with Crippen molar-refractivity contribution in [1.82, 2.24) is 4.98 Å². The third kappa shape index (κ3) is 3.04. The summed E-state index contributed by atoms with van der Waals surface area (Å²) < 4.78 is 35.8. The number of aromatic nitrogens is 1. The molecule has 98 valence electrons. The van der Waals surface area contributed by atoms with E-state index in [1.807, 2.05) is 0 Å². The van der Waals surface area contributed by atoms with Crippen LogP contribution < -0.4 is 4.74 Å². The predicted molar refractivity (Wildman–Crippen MR) is 62.0 cm³/mol. The third-order valence-electron chi connectivity index (χ3n) is 2.25. The number of hydrogen-bond donors (Lipinski definition) is 0. The standard InChI is InChI=1S/C13H9F2NO3/c1-18-13(17)11-7-9(4-5-16-11)19-12-3-2-8(14)6-10(12)15/h2-7H,1H3. The molecule has 0 aliphatic rings. The first kappa shape index (κ1) is 12.9. The molecule has 0 aliphatic heterocycles. The van der Waals surface area contributed by atoms with Crippen LogP contribution in [0.5, 0.6) is 11.5 Å². The molecule has 0 radical (unpaired) electrons. The van der Waals surface area contributed by atoms with Crippen LogP contribution >= 0.6 is 0 Å². The summed E-state index contributed by atoms with van der Waals surface area (Å²) in [7, 11) is 1.22. The van der Waals surface area contributed by atoms with Crippen molar-refractivity contribution in [1.29, 1.82) is 0 Å². The van der Waals surface area contributed by atoms with Crippen LogP contribution in [0.25, 0.3) is 0 Å². The maximum Gasteiger partial charge on any atom is 0.356 e. The van der Waals surface area contributed by atoms with Crippen LogP contribution in [0.15, 0.2) is 36.5 Å². The largest absolute Gasteiger partial charge is 0.464 e. The molecule has 0 amide bonds. The third-order valence-corrected chi connectivity index (χ3v) is 2.25. The van der Waals surface area contributed by atoms with Gasteiger partial charge in [0.15, 0.2) is 17.3 Å².